The van der Waals surface area contributed by atoms with Crippen LogP contribution in [-0.2, 0) is 0 Å². The van der Waals surface area contributed by atoms with Crippen LogP contribution < -0.4 is 0 Å². The van der Waals surface area contributed by atoms with Crippen molar-refractivity contribution >= 4 is 17.7 Å². The number of rotatable bonds is 6. The van der Waals surface area contributed by atoms with E-state index in [1.54, 1.807) is 23.9 Å². The molecule has 0 fully saturated rings. The summed E-state index contributed by atoms with van der Waals surface area (Å²) in [5, 5.41) is 17.3. The number of aliphatic hydroxyl groups is 1. The number of aromatic carboxylic acids is 1. The van der Waals surface area contributed by atoms with Gasteiger partial charge in [-0.3, -0.25) is 0 Å². The van der Waals surface area contributed by atoms with Gasteiger partial charge in [-0.25, -0.2) is 4.79 Å². The lowest BCUT2D eigenvalue weighted by Gasteiger charge is -2.01. The molecule has 0 unspecified atom stereocenters. The molecule has 0 amide bonds. The van der Waals surface area contributed by atoms with Crippen LogP contribution in [0.3, 0.4) is 0 Å². The largest absolute Gasteiger partial charge is 0.478 e. The van der Waals surface area contributed by atoms with Crippen LogP contribution in [0.2, 0.25) is 0 Å². The molecule has 3 nitrogen and oxygen atoms in total. The number of thioether (sulfide) groups is 1. The third-order valence-electron chi connectivity index (χ3n) is 1.92. The van der Waals surface area contributed by atoms with E-state index in [2.05, 4.69) is 0 Å². The Bertz CT molecular complexity index is 308. The summed E-state index contributed by atoms with van der Waals surface area (Å²) in [6, 6.07) is 6.84. The minimum Gasteiger partial charge on any atom is -0.478 e. The molecule has 0 saturated carbocycles. The van der Waals surface area contributed by atoms with Gasteiger partial charge in [0.25, 0.3) is 0 Å². The minimum absolute atomic E-state index is 0.235. The van der Waals surface area contributed by atoms with Crippen molar-refractivity contribution in [2.24, 2.45) is 0 Å². The highest BCUT2D eigenvalue weighted by atomic mass is 32.2. The van der Waals surface area contributed by atoms with E-state index in [0.29, 0.717) is 5.56 Å². The van der Waals surface area contributed by atoms with Gasteiger partial charge in [0.05, 0.1) is 5.56 Å². The molecular weight excluding hydrogens is 212 g/mol. The highest BCUT2D eigenvalue weighted by Gasteiger charge is 2.01. The Balaban J connectivity index is 2.39. The van der Waals surface area contributed by atoms with Crippen molar-refractivity contribution in [3.63, 3.8) is 0 Å². The van der Waals surface area contributed by atoms with Crippen LogP contribution >= 0.6 is 11.8 Å². The molecule has 0 aliphatic carbocycles. The van der Waals surface area contributed by atoms with Gasteiger partial charge >= 0.3 is 5.97 Å². The second-order valence-corrected chi connectivity index (χ2v) is 4.28. The normalized spacial score (nSPS) is 10.2. The second kappa shape index (κ2) is 6.48. The summed E-state index contributed by atoms with van der Waals surface area (Å²) >= 11 is 1.68. The fourth-order valence-corrected chi connectivity index (χ4v) is 2.01. The predicted molar refractivity (Wildman–Crippen MR) is 60.4 cm³/mol. The number of aliphatic hydroxyl groups excluding tert-OH is 1. The van der Waals surface area contributed by atoms with Gasteiger partial charge in [0.1, 0.15) is 0 Å². The van der Waals surface area contributed by atoms with Crippen molar-refractivity contribution in [2.75, 3.05) is 12.4 Å². The fraction of sp³-hybridized carbons (Fsp3) is 0.364. The zero-order valence-corrected chi connectivity index (χ0v) is 9.17. The average Bonchev–Trinajstić information content (AvgIpc) is 2.25. The molecule has 15 heavy (non-hydrogen) atoms. The molecule has 0 radical (unpaired) electrons. The van der Waals surface area contributed by atoms with Crippen molar-refractivity contribution in [1.29, 1.82) is 0 Å². The maximum Gasteiger partial charge on any atom is 0.335 e. The molecule has 0 bridgehead atoms. The van der Waals surface area contributed by atoms with E-state index >= 15 is 0 Å². The topological polar surface area (TPSA) is 57.5 Å². The SMILES string of the molecule is O=C(O)c1ccc(SCCCCO)cc1. The van der Waals surface area contributed by atoms with Gasteiger partial charge in [0.15, 0.2) is 0 Å². The van der Waals surface area contributed by atoms with Gasteiger partial charge < -0.3 is 10.2 Å². The van der Waals surface area contributed by atoms with Crippen LogP contribution in [-0.4, -0.2) is 28.5 Å². The second-order valence-electron chi connectivity index (χ2n) is 3.11. The Morgan fingerprint density at radius 3 is 2.40 bits per heavy atom. The standard InChI is InChI=1S/C11H14O3S/c12-7-1-2-8-15-10-5-3-9(4-6-10)11(13)14/h3-6,12H,1-2,7-8H2,(H,13,14). The third-order valence-corrected chi connectivity index (χ3v) is 3.02. The van der Waals surface area contributed by atoms with Gasteiger partial charge in [-0.2, -0.15) is 0 Å². The molecule has 0 heterocycles. The summed E-state index contributed by atoms with van der Waals surface area (Å²) in [4.78, 5) is 11.6. The van der Waals surface area contributed by atoms with Crippen molar-refractivity contribution < 1.29 is 15.0 Å². The number of benzene rings is 1. The maximum atomic E-state index is 10.6. The van der Waals surface area contributed by atoms with Gasteiger partial charge in [-0.15, -0.1) is 11.8 Å². The monoisotopic (exact) mass is 226 g/mol. The van der Waals surface area contributed by atoms with E-state index in [4.69, 9.17) is 10.2 Å². The van der Waals surface area contributed by atoms with Gasteiger partial charge in [-0.1, -0.05) is 0 Å². The first-order chi connectivity index (χ1) is 7.24. The lowest BCUT2D eigenvalue weighted by Crippen LogP contribution is -1.94. The number of carboxylic acids is 1. The van der Waals surface area contributed by atoms with E-state index in [1.807, 2.05) is 12.1 Å². The van der Waals surface area contributed by atoms with Crippen molar-refractivity contribution in [1.82, 2.24) is 0 Å². The molecule has 0 aliphatic rings. The van der Waals surface area contributed by atoms with E-state index in [-0.39, 0.29) is 6.61 Å². The summed E-state index contributed by atoms with van der Waals surface area (Å²) < 4.78 is 0. The lowest BCUT2D eigenvalue weighted by molar-refractivity contribution is 0.0697. The Kier molecular flexibility index (Phi) is 5.21. The summed E-state index contributed by atoms with van der Waals surface area (Å²) in [6.45, 7) is 0.235. The summed E-state index contributed by atoms with van der Waals surface area (Å²) in [6.07, 6.45) is 1.79. The Morgan fingerprint density at radius 2 is 1.87 bits per heavy atom. The number of hydrogen-bond acceptors (Lipinski definition) is 3. The first-order valence-electron chi connectivity index (χ1n) is 4.81. The van der Waals surface area contributed by atoms with Crippen LogP contribution in [0.25, 0.3) is 0 Å². The average molecular weight is 226 g/mol. The zero-order valence-electron chi connectivity index (χ0n) is 8.35. The van der Waals surface area contributed by atoms with Gasteiger partial charge in [0, 0.05) is 11.5 Å². The van der Waals surface area contributed by atoms with E-state index in [1.165, 1.54) is 0 Å². The molecule has 0 atom stereocenters. The van der Waals surface area contributed by atoms with Gasteiger partial charge in [0.2, 0.25) is 0 Å². The molecule has 0 aliphatic heterocycles. The highest BCUT2D eigenvalue weighted by molar-refractivity contribution is 7.99. The lowest BCUT2D eigenvalue weighted by atomic mass is 10.2. The molecular formula is C11H14O3S. The number of unbranched alkanes of at least 4 members (excludes halogenated alkanes) is 1. The fourth-order valence-electron chi connectivity index (χ4n) is 1.10. The number of hydrogen-bond donors (Lipinski definition) is 2. The molecule has 2 N–H and O–H groups in total. The molecule has 0 spiro atoms. The zero-order chi connectivity index (χ0) is 11.1. The predicted octanol–water partition coefficient (Wildman–Crippen LogP) is 2.25. The van der Waals surface area contributed by atoms with E-state index in [0.717, 1.165) is 23.5 Å². The molecule has 1 aromatic rings. The number of carboxylic acid groups (broad SMARTS) is 1. The smallest absolute Gasteiger partial charge is 0.335 e. The summed E-state index contributed by atoms with van der Waals surface area (Å²) in [5.74, 6) is 0.0549. The van der Waals surface area contributed by atoms with E-state index in [9.17, 15) is 4.79 Å². The maximum absolute atomic E-state index is 10.6. The minimum atomic E-state index is -0.896. The molecule has 0 aromatic heterocycles. The van der Waals surface area contributed by atoms with Gasteiger partial charge in [-0.05, 0) is 42.9 Å². The van der Waals surface area contributed by atoms with Crippen molar-refractivity contribution in [3.05, 3.63) is 29.8 Å². The molecule has 4 heteroatoms. The van der Waals surface area contributed by atoms with Crippen molar-refractivity contribution in [2.45, 2.75) is 17.7 Å². The van der Waals surface area contributed by atoms with E-state index < -0.39 is 5.97 Å². The highest BCUT2D eigenvalue weighted by Crippen LogP contribution is 2.19. The summed E-state index contributed by atoms with van der Waals surface area (Å²) in [5.41, 5.74) is 0.315. The Labute approximate surface area is 93.1 Å². The van der Waals surface area contributed by atoms with Crippen LogP contribution in [0.1, 0.15) is 23.2 Å². The van der Waals surface area contributed by atoms with Crippen LogP contribution in [0.4, 0.5) is 0 Å². The molecule has 1 rings (SSSR count). The quantitative estimate of drug-likeness (QED) is 0.577. The first-order valence-corrected chi connectivity index (χ1v) is 5.79. The van der Waals surface area contributed by atoms with Crippen LogP contribution in [0, 0.1) is 0 Å². The molecule has 1 aromatic carbocycles. The summed E-state index contributed by atoms with van der Waals surface area (Å²) in [7, 11) is 0. The molecule has 82 valence electrons. The Hall–Kier alpha value is -1.00. The number of carbonyl (C=O) groups is 1. The van der Waals surface area contributed by atoms with Crippen LogP contribution in [0.5, 0.6) is 0 Å². The first kappa shape index (κ1) is 12.1. The van der Waals surface area contributed by atoms with Crippen molar-refractivity contribution in [3.8, 4) is 0 Å². The molecule has 0 saturated heterocycles. The Morgan fingerprint density at radius 1 is 1.20 bits per heavy atom. The van der Waals surface area contributed by atoms with Crippen LogP contribution in [0.15, 0.2) is 29.2 Å². The third kappa shape index (κ3) is 4.36.